The van der Waals surface area contributed by atoms with Crippen molar-refractivity contribution in [2.45, 2.75) is 62.2 Å². The number of phenolic OH excluding ortho intramolecular Hbond substituents is 2. The van der Waals surface area contributed by atoms with Gasteiger partial charge in [-0.05, 0) is 58.0 Å². The first-order valence-electron chi connectivity index (χ1n) is 11.6. The first-order chi connectivity index (χ1) is 15.9. The van der Waals surface area contributed by atoms with Crippen LogP contribution in [0, 0.1) is 0 Å². The molecule has 3 rings (SSSR count). The van der Waals surface area contributed by atoms with Crippen molar-refractivity contribution in [2.24, 2.45) is 0 Å². The second-order valence-electron chi connectivity index (χ2n) is 9.52. The molecule has 0 aliphatic heterocycles. The van der Waals surface area contributed by atoms with E-state index in [1.54, 1.807) is 23.5 Å². The summed E-state index contributed by atoms with van der Waals surface area (Å²) in [5.41, 5.74) is 17.0. The van der Waals surface area contributed by atoms with E-state index in [1.165, 1.54) is 0 Å². The topological polar surface area (TPSA) is 92.5 Å². The molecule has 0 amide bonds. The number of anilines is 2. The summed E-state index contributed by atoms with van der Waals surface area (Å²) in [4.78, 5) is 1.63. The fourth-order valence-electron chi connectivity index (χ4n) is 4.15. The summed E-state index contributed by atoms with van der Waals surface area (Å²) in [6, 6.07) is 16.5. The molecule has 3 aromatic carbocycles. The normalized spacial score (nSPS) is 12.2. The quantitative estimate of drug-likeness (QED) is 0.150. The lowest BCUT2D eigenvalue weighted by Crippen LogP contribution is -2.22. The molecule has 4 nitrogen and oxygen atoms in total. The molecule has 0 unspecified atom stereocenters. The predicted molar refractivity (Wildman–Crippen MR) is 149 cm³/mol. The van der Waals surface area contributed by atoms with Gasteiger partial charge in [0.15, 0.2) is 11.5 Å². The van der Waals surface area contributed by atoms with Crippen molar-refractivity contribution in [1.29, 1.82) is 0 Å². The molecule has 0 spiro atoms. The van der Waals surface area contributed by atoms with Gasteiger partial charge in [0.1, 0.15) is 0 Å². The van der Waals surface area contributed by atoms with Crippen LogP contribution in [0.4, 0.5) is 11.4 Å². The molecule has 3 aromatic rings. The van der Waals surface area contributed by atoms with E-state index in [-0.39, 0.29) is 22.3 Å². The van der Waals surface area contributed by atoms with Crippen LogP contribution in [0.2, 0.25) is 0 Å². The van der Waals surface area contributed by atoms with Gasteiger partial charge in [0.25, 0.3) is 0 Å². The molecule has 6 heteroatoms. The maximum Gasteiger partial charge on any atom is 0.152 e. The maximum atomic E-state index is 10.3. The zero-order valence-corrected chi connectivity index (χ0v) is 22.5. The number of nitrogens with two attached hydrogens (primary N) is 2. The standard InChI is InChI=1S/C28H36N2O2S2/c1-7-33-23-15-19(13-21(29)25(23)31)27(3,4)17-9-11-18(12-10-17)28(5,6)20-14-22(30)26(32)24(16-20)34-8-2/h9-16,31-32H,7-8,29-30H2,1-6H3. The van der Waals surface area contributed by atoms with Crippen molar-refractivity contribution in [3.05, 3.63) is 70.8 Å². The Morgan fingerprint density at radius 1 is 0.618 bits per heavy atom. The summed E-state index contributed by atoms with van der Waals surface area (Å²) in [5.74, 6) is 2.05. The van der Waals surface area contributed by atoms with Gasteiger partial charge in [0, 0.05) is 10.8 Å². The van der Waals surface area contributed by atoms with Crippen LogP contribution in [0.25, 0.3) is 0 Å². The van der Waals surface area contributed by atoms with Crippen LogP contribution in [0.3, 0.4) is 0 Å². The average molecular weight is 497 g/mol. The highest BCUT2D eigenvalue weighted by Crippen LogP contribution is 2.43. The van der Waals surface area contributed by atoms with E-state index in [2.05, 4.69) is 65.8 Å². The van der Waals surface area contributed by atoms with Crippen molar-refractivity contribution in [3.63, 3.8) is 0 Å². The third-order valence-electron chi connectivity index (χ3n) is 6.58. The van der Waals surface area contributed by atoms with Crippen LogP contribution >= 0.6 is 23.5 Å². The fraction of sp³-hybridized carbons (Fsp3) is 0.357. The molecule has 0 aromatic heterocycles. The monoisotopic (exact) mass is 496 g/mol. The number of thioether (sulfide) groups is 2. The highest BCUT2D eigenvalue weighted by atomic mass is 32.2. The smallest absolute Gasteiger partial charge is 0.152 e. The zero-order valence-electron chi connectivity index (χ0n) is 20.9. The molecule has 0 saturated carbocycles. The van der Waals surface area contributed by atoms with Crippen LogP contribution in [0.15, 0.2) is 58.3 Å². The lowest BCUT2D eigenvalue weighted by molar-refractivity contribution is 0.463. The van der Waals surface area contributed by atoms with Crippen LogP contribution < -0.4 is 11.5 Å². The van der Waals surface area contributed by atoms with Gasteiger partial charge in [-0.15, -0.1) is 23.5 Å². The summed E-state index contributed by atoms with van der Waals surface area (Å²) in [6.45, 7) is 12.8. The van der Waals surface area contributed by atoms with Crippen molar-refractivity contribution in [2.75, 3.05) is 23.0 Å². The largest absolute Gasteiger partial charge is 0.505 e. The van der Waals surface area contributed by atoms with E-state index in [1.807, 2.05) is 24.3 Å². The first-order valence-corrected chi connectivity index (χ1v) is 13.5. The van der Waals surface area contributed by atoms with Crippen LogP contribution in [-0.2, 0) is 10.8 Å². The van der Waals surface area contributed by atoms with Gasteiger partial charge in [-0.1, -0.05) is 65.8 Å². The third-order valence-corrected chi connectivity index (χ3v) is 8.40. The van der Waals surface area contributed by atoms with E-state index in [4.69, 9.17) is 11.5 Å². The van der Waals surface area contributed by atoms with E-state index in [9.17, 15) is 10.2 Å². The minimum atomic E-state index is -0.290. The number of nitrogen functional groups attached to an aromatic ring is 2. The van der Waals surface area contributed by atoms with Crippen molar-refractivity contribution >= 4 is 34.9 Å². The summed E-state index contributed by atoms with van der Waals surface area (Å²) >= 11 is 3.18. The molecule has 34 heavy (non-hydrogen) atoms. The lowest BCUT2D eigenvalue weighted by Gasteiger charge is -2.30. The second kappa shape index (κ2) is 10.0. The molecule has 6 N–H and O–H groups in total. The Hall–Kier alpha value is -2.44. The van der Waals surface area contributed by atoms with Gasteiger partial charge >= 0.3 is 0 Å². The Labute approximate surface area is 212 Å². The molecular formula is C28H36N2O2S2. The highest BCUT2D eigenvalue weighted by Gasteiger charge is 2.28. The summed E-state index contributed by atoms with van der Waals surface area (Å²) < 4.78 is 0. The van der Waals surface area contributed by atoms with Crippen molar-refractivity contribution < 1.29 is 10.2 Å². The minimum Gasteiger partial charge on any atom is -0.505 e. The molecule has 0 fully saturated rings. The van der Waals surface area contributed by atoms with Crippen LogP contribution in [0.1, 0.15) is 63.8 Å². The van der Waals surface area contributed by atoms with E-state index in [0.717, 1.165) is 43.6 Å². The Balaban J connectivity index is 1.99. The SMILES string of the molecule is CCSc1cc(C(C)(C)c2ccc(C(C)(C)c3cc(N)c(O)c(SCC)c3)cc2)cc(N)c1O. The van der Waals surface area contributed by atoms with Crippen molar-refractivity contribution in [3.8, 4) is 11.5 Å². The molecule has 0 saturated heterocycles. The highest BCUT2D eigenvalue weighted by molar-refractivity contribution is 7.99. The first kappa shape index (κ1) is 26.2. The van der Waals surface area contributed by atoms with Gasteiger partial charge in [0.2, 0.25) is 0 Å². The second-order valence-corrected chi connectivity index (χ2v) is 12.1. The van der Waals surface area contributed by atoms with E-state index in [0.29, 0.717) is 11.4 Å². The summed E-state index contributed by atoms with van der Waals surface area (Å²) in [5, 5.41) is 20.7. The number of phenols is 2. The Morgan fingerprint density at radius 3 is 1.24 bits per heavy atom. The summed E-state index contributed by atoms with van der Waals surface area (Å²) in [7, 11) is 0. The zero-order chi connectivity index (χ0) is 25.3. The van der Waals surface area contributed by atoms with E-state index >= 15 is 0 Å². The molecule has 182 valence electrons. The number of hydrogen-bond donors (Lipinski definition) is 4. The third kappa shape index (κ3) is 4.98. The molecule has 0 atom stereocenters. The van der Waals surface area contributed by atoms with Gasteiger partial charge < -0.3 is 21.7 Å². The maximum absolute atomic E-state index is 10.3. The van der Waals surface area contributed by atoms with Crippen molar-refractivity contribution in [1.82, 2.24) is 0 Å². The number of rotatable bonds is 8. The Morgan fingerprint density at radius 2 is 0.941 bits per heavy atom. The van der Waals surface area contributed by atoms with E-state index < -0.39 is 0 Å². The Bertz CT molecular complexity index is 1080. The number of hydrogen-bond acceptors (Lipinski definition) is 6. The van der Waals surface area contributed by atoms with Gasteiger partial charge in [-0.25, -0.2) is 0 Å². The van der Waals surface area contributed by atoms with Gasteiger partial charge in [0.05, 0.1) is 21.2 Å². The summed E-state index contributed by atoms with van der Waals surface area (Å²) in [6.07, 6.45) is 0. The predicted octanol–water partition coefficient (Wildman–Crippen LogP) is 7.14. The Kier molecular flexibility index (Phi) is 7.73. The number of benzene rings is 3. The number of aromatic hydroxyl groups is 2. The molecule has 0 heterocycles. The molecule has 0 aliphatic carbocycles. The fourth-order valence-corrected chi connectivity index (χ4v) is 5.70. The van der Waals surface area contributed by atoms with Crippen LogP contribution in [0.5, 0.6) is 11.5 Å². The average Bonchev–Trinajstić information content (AvgIpc) is 2.79. The minimum absolute atomic E-state index is 0.164. The molecule has 0 aliphatic rings. The molecule has 0 radical (unpaired) electrons. The molecule has 0 bridgehead atoms. The van der Waals surface area contributed by atoms with Crippen LogP contribution in [-0.4, -0.2) is 21.7 Å². The molecular weight excluding hydrogens is 460 g/mol. The van der Waals surface area contributed by atoms with Gasteiger partial charge in [-0.2, -0.15) is 0 Å². The van der Waals surface area contributed by atoms with Gasteiger partial charge in [-0.3, -0.25) is 0 Å². The lowest BCUT2D eigenvalue weighted by atomic mass is 9.74.